The zero-order valence-electron chi connectivity index (χ0n) is 28.1. The first-order valence-corrected chi connectivity index (χ1v) is 17.4. The number of hydrogen-bond acceptors (Lipinski definition) is 4. The molecule has 0 bridgehead atoms. The fraction of sp³-hybridized carbons (Fsp3) is 0. The summed E-state index contributed by atoms with van der Waals surface area (Å²) in [5.74, 6) is 0.634. The molecule has 52 heavy (non-hydrogen) atoms. The number of benzene rings is 7. The zero-order chi connectivity index (χ0) is 34.4. The van der Waals surface area contributed by atoms with Crippen LogP contribution in [0.4, 0.5) is 0 Å². The van der Waals surface area contributed by atoms with Crippen LogP contribution in [0.2, 0.25) is 0 Å². The average Bonchev–Trinajstić information content (AvgIpc) is 3.23. The molecule has 10 rings (SSSR count). The van der Waals surface area contributed by atoms with Crippen LogP contribution >= 0.6 is 0 Å². The van der Waals surface area contributed by atoms with E-state index in [1.54, 1.807) is 12.4 Å². The van der Waals surface area contributed by atoms with E-state index in [2.05, 4.69) is 149 Å². The maximum absolute atomic E-state index is 5.12. The fourth-order valence-electron chi connectivity index (χ4n) is 7.53. The predicted octanol–water partition coefficient (Wildman–Crippen LogP) is 12.2. The van der Waals surface area contributed by atoms with Crippen LogP contribution in [0.5, 0.6) is 0 Å². The summed E-state index contributed by atoms with van der Waals surface area (Å²) in [5, 5.41) is 7.62. The largest absolute Gasteiger partial charge is 0.264 e. The maximum Gasteiger partial charge on any atom is 0.161 e. The molecule has 0 atom stereocenters. The van der Waals surface area contributed by atoms with Crippen LogP contribution < -0.4 is 0 Å². The van der Waals surface area contributed by atoms with Crippen molar-refractivity contribution in [1.82, 2.24) is 19.9 Å². The van der Waals surface area contributed by atoms with E-state index >= 15 is 0 Å². The first kappa shape index (κ1) is 29.8. The van der Waals surface area contributed by atoms with E-state index in [9.17, 15) is 0 Å². The van der Waals surface area contributed by atoms with Crippen molar-refractivity contribution < 1.29 is 0 Å². The highest BCUT2D eigenvalue weighted by Gasteiger charge is 2.16. The Morgan fingerprint density at radius 3 is 1.44 bits per heavy atom. The topological polar surface area (TPSA) is 51.6 Å². The molecule has 0 aliphatic carbocycles. The van der Waals surface area contributed by atoms with Crippen LogP contribution in [-0.4, -0.2) is 19.9 Å². The number of rotatable bonds is 6. The Morgan fingerprint density at radius 1 is 0.327 bits per heavy atom. The summed E-state index contributed by atoms with van der Waals surface area (Å²) in [4.78, 5) is 18.9. The van der Waals surface area contributed by atoms with Crippen LogP contribution in [0.1, 0.15) is 0 Å². The lowest BCUT2D eigenvalue weighted by molar-refractivity contribution is 1.17. The first-order chi connectivity index (χ1) is 25.8. The van der Waals surface area contributed by atoms with Crippen molar-refractivity contribution in [3.8, 4) is 67.3 Å². The van der Waals surface area contributed by atoms with Gasteiger partial charge in [-0.15, -0.1) is 0 Å². The minimum absolute atomic E-state index is 0.634. The number of hydrogen-bond donors (Lipinski definition) is 0. The molecule has 0 unspecified atom stereocenters. The number of nitrogens with zero attached hydrogens (tertiary/aromatic N) is 4. The van der Waals surface area contributed by atoms with E-state index in [1.807, 2.05) is 30.6 Å². The summed E-state index contributed by atoms with van der Waals surface area (Å²) in [6.45, 7) is 0. The minimum atomic E-state index is 0.634. The molecule has 3 aromatic heterocycles. The van der Waals surface area contributed by atoms with Crippen molar-refractivity contribution in [2.24, 2.45) is 0 Å². The Hall–Kier alpha value is -7.04. The maximum atomic E-state index is 5.12. The lowest BCUT2D eigenvalue weighted by atomic mass is 9.87. The molecule has 3 heterocycles. The van der Waals surface area contributed by atoms with E-state index in [0.717, 1.165) is 44.8 Å². The minimum Gasteiger partial charge on any atom is -0.264 e. The predicted molar refractivity (Wildman–Crippen MR) is 214 cm³/mol. The standard InChI is InChI=1S/C48H30N4/c1-2-8-31(9-3-1)40-20-16-32-19-23-43-41(21-17-33-18-22-42(40)46(32)47(33)43)35-11-5-13-37(27-35)45-28-44(51-48(52-45)39-15-7-25-50-30-39)36-12-4-10-34(26-36)38-14-6-24-49-29-38/h1-30H. The molecule has 0 N–H and O–H groups in total. The Morgan fingerprint density at radius 2 is 0.827 bits per heavy atom. The molecule has 7 aromatic carbocycles. The normalized spacial score (nSPS) is 11.5. The second-order valence-electron chi connectivity index (χ2n) is 13.1. The molecular weight excluding hydrogens is 633 g/mol. The van der Waals surface area contributed by atoms with Crippen LogP contribution in [0, 0.1) is 0 Å². The molecular formula is C48H30N4. The van der Waals surface area contributed by atoms with Crippen molar-refractivity contribution in [2.75, 3.05) is 0 Å². The van der Waals surface area contributed by atoms with Crippen molar-refractivity contribution in [2.45, 2.75) is 0 Å². The lowest BCUT2D eigenvalue weighted by Crippen LogP contribution is -1.96. The number of aromatic nitrogens is 4. The summed E-state index contributed by atoms with van der Waals surface area (Å²) in [5.41, 5.74) is 11.5. The Labute approximate surface area is 301 Å². The van der Waals surface area contributed by atoms with Gasteiger partial charge >= 0.3 is 0 Å². The Balaban J connectivity index is 1.13. The van der Waals surface area contributed by atoms with Gasteiger partial charge in [0.15, 0.2) is 5.82 Å². The van der Waals surface area contributed by atoms with Gasteiger partial charge in [-0.05, 0) is 96.5 Å². The van der Waals surface area contributed by atoms with Crippen LogP contribution in [0.15, 0.2) is 183 Å². The van der Waals surface area contributed by atoms with E-state index < -0.39 is 0 Å². The summed E-state index contributed by atoms with van der Waals surface area (Å²) in [6.07, 6.45) is 7.27. The monoisotopic (exact) mass is 662 g/mol. The van der Waals surface area contributed by atoms with E-state index in [1.165, 1.54) is 49.0 Å². The molecule has 242 valence electrons. The highest BCUT2D eigenvalue weighted by Crippen LogP contribution is 2.43. The molecule has 4 nitrogen and oxygen atoms in total. The van der Waals surface area contributed by atoms with E-state index in [4.69, 9.17) is 9.97 Å². The van der Waals surface area contributed by atoms with Crippen molar-refractivity contribution in [1.29, 1.82) is 0 Å². The van der Waals surface area contributed by atoms with Crippen molar-refractivity contribution in [3.05, 3.63) is 183 Å². The van der Waals surface area contributed by atoms with Gasteiger partial charge in [0.2, 0.25) is 0 Å². The SMILES string of the molecule is c1ccc(-c2ccc3ccc4c(-c5cccc(-c6cc(-c7cccc(-c8cccnc8)c7)nc(-c7cccnc7)n6)c5)ccc5ccc2c3c54)cc1. The first-order valence-electron chi connectivity index (χ1n) is 17.4. The van der Waals surface area contributed by atoms with E-state index in [-0.39, 0.29) is 0 Å². The summed E-state index contributed by atoms with van der Waals surface area (Å²) >= 11 is 0. The van der Waals surface area contributed by atoms with Crippen molar-refractivity contribution >= 4 is 32.3 Å². The summed E-state index contributed by atoms with van der Waals surface area (Å²) in [7, 11) is 0. The molecule has 0 aliphatic rings. The Bertz CT molecular complexity index is 2890. The van der Waals surface area contributed by atoms with Gasteiger partial charge in [-0.3, -0.25) is 9.97 Å². The van der Waals surface area contributed by atoms with Gasteiger partial charge in [0.05, 0.1) is 11.4 Å². The average molecular weight is 663 g/mol. The summed E-state index contributed by atoms with van der Waals surface area (Å²) < 4.78 is 0. The second-order valence-corrected chi connectivity index (χ2v) is 13.1. The van der Waals surface area contributed by atoms with Gasteiger partial charge in [-0.2, -0.15) is 0 Å². The van der Waals surface area contributed by atoms with E-state index in [0.29, 0.717) is 5.82 Å². The molecule has 0 radical (unpaired) electrons. The lowest BCUT2D eigenvalue weighted by Gasteiger charge is -2.17. The van der Waals surface area contributed by atoms with Gasteiger partial charge in [0.25, 0.3) is 0 Å². The molecule has 0 amide bonds. The summed E-state index contributed by atoms with van der Waals surface area (Å²) in [6, 6.07) is 56.0. The highest BCUT2D eigenvalue weighted by atomic mass is 14.9. The zero-order valence-corrected chi connectivity index (χ0v) is 28.1. The highest BCUT2D eigenvalue weighted by molar-refractivity contribution is 6.27. The molecule has 0 saturated heterocycles. The third-order valence-electron chi connectivity index (χ3n) is 10.0. The third-order valence-corrected chi connectivity index (χ3v) is 10.0. The van der Waals surface area contributed by atoms with Crippen molar-refractivity contribution in [3.63, 3.8) is 0 Å². The van der Waals surface area contributed by atoms with Crippen LogP contribution in [0.3, 0.4) is 0 Å². The molecule has 0 saturated carbocycles. The van der Waals surface area contributed by atoms with Gasteiger partial charge in [-0.25, -0.2) is 9.97 Å². The van der Waals surface area contributed by atoms with Gasteiger partial charge in [0.1, 0.15) is 0 Å². The second kappa shape index (κ2) is 12.4. The third kappa shape index (κ3) is 5.17. The fourth-order valence-corrected chi connectivity index (χ4v) is 7.53. The van der Waals surface area contributed by atoms with Crippen LogP contribution in [0.25, 0.3) is 99.6 Å². The van der Waals surface area contributed by atoms with Gasteiger partial charge < -0.3 is 0 Å². The molecule has 0 spiro atoms. The molecule has 4 heteroatoms. The quantitative estimate of drug-likeness (QED) is 0.166. The van der Waals surface area contributed by atoms with Gasteiger partial charge in [0, 0.05) is 47.0 Å². The molecule has 10 aromatic rings. The Kier molecular flexibility index (Phi) is 7.10. The molecule has 0 aliphatic heterocycles. The number of pyridine rings is 2. The smallest absolute Gasteiger partial charge is 0.161 e. The van der Waals surface area contributed by atoms with Gasteiger partial charge in [-0.1, -0.05) is 121 Å². The van der Waals surface area contributed by atoms with Crippen LogP contribution in [-0.2, 0) is 0 Å². The molecule has 0 fully saturated rings.